The van der Waals surface area contributed by atoms with Crippen molar-refractivity contribution in [3.8, 4) is 11.8 Å². The Balaban J connectivity index is 1.67. The Kier molecular flexibility index (Phi) is 4.41. The van der Waals surface area contributed by atoms with Gasteiger partial charge in [0.2, 0.25) is 0 Å². The predicted octanol–water partition coefficient (Wildman–Crippen LogP) is 2.09. The molecule has 2 aromatic rings. The Labute approximate surface area is 135 Å². The molecule has 0 N–H and O–H groups in total. The molecule has 0 radical (unpaired) electrons. The van der Waals surface area contributed by atoms with Crippen LogP contribution < -0.4 is 9.47 Å². The molecule has 1 aliphatic heterocycles. The first-order valence-electron chi connectivity index (χ1n) is 7.55. The first kappa shape index (κ1) is 15.3. The number of methoxy groups -OCH3 is 1. The lowest BCUT2D eigenvalue weighted by Crippen LogP contribution is -2.31. The van der Waals surface area contributed by atoms with Gasteiger partial charge in [-0.3, -0.25) is 4.79 Å². The normalized spacial score (nSPS) is 17.1. The minimum Gasteiger partial charge on any atom is -0.477 e. The van der Waals surface area contributed by atoms with Gasteiger partial charge in [-0.25, -0.2) is 9.97 Å². The van der Waals surface area contributed by atoms with E-state index in [0.717, 1.165) is 17.5 Å². The standard InChI is InChI=1S/C17H19N3O3/c1-12-5-3-4-6-14(12)17(21)20-10-7-13(11-20)23-16-15(22-2)18-8-9-19-16/h3-6,8-9,13H,7,10-11H2,1-2H3. The number of nitrogens with zero attached hydrogens (tertiary/aromatic N) is 3. The third-order valence-electron chi connectivity index (χ3n) is 3.91. The minimum absolute atomic E-state index is 0.0420. The number of hydrogen-bond acceptors (Lipinski definition) is 5. The molecule has 0 saturated carbocycles. The van der Waals surface area contributed by atoms with E-state index >= 15 is 0 Å². The lowest BCUT2D eigenvalue weighted by molar-refractivity contribution is 0.0769. The van der Waals surface area contributed by atoms with Gasteiger partial charge < -0.3 is 14.4 Å². The van der Waals surface area contributed by atoms with Crippen LogP contribution in [0.15, 0.2) is 36.7 Å². The molecule has 1 atom stereocenters. The van der Waals surface area contributed by atoms with E-state index in [1.54, 1.807) is 12.4 Å². The van der Waals surface area contributed by atoms with Gasteiger partial charge in [0.25, 0.3) is 17.7 Å². The van der Waals surface area contributed by atoms with E-state index in [9.17, 15) is 4.79 Å². The zero-order valence-electron chi connectivity index (χ0n) is 13.2. The van der Waals surface area contributed by atoms with Crippen LogP contribution in [0.5, 0.6) is 11.8 Å². The highest BCUT2D eigenvalue weighted by molar-refractivity contribution is 5.95. The molecule has 0 aliphatic carbocycles. The van der Waals surface area contributed by atoms with Crippen molar-refractivity contribution in [2.24, 2.45) is 0 Å². The topological polar surface area (TPSA) is 64.6 Å². The summed E-state index contributed by atoms with van der Waals surface area (Å²) in [7, 11) is 1.53. The van der Waals surface area contributed by atoms with Crippen LogP contribution in [-0.2, 0) is 0 Å². The lowest BCUT2D eigenvalue weighted by atomic mass is 10.1. The molecular formula is C17H19N3O3. The molecule has 2 heterocycles. The van der Waals surface area contributed by atoms with E-state index in [4.69, 9.17) is 9.47 Å². The van der Waals surface area contributed by atoms with Gasteiger partial charge in [0, 0.05) is 30.9 Å². The van der Waals surface area contributed by atoms with Gasteiger partial charge in [-0.15, -0.1) is 0 Å². The summed E-state index contributed by atoms with van der Waals surface area (Å²) < 4.78 is 11.0. The summed E-state index contributed by atoms with van der Waals surface area (Å²) in [6.07, 6.45) is 3.77. The number of carbonyl (C=O) groups is 1. The van der Waals surface area contributed by atoms with Crippen molar-refractivity contribution in [1.82, 2.24) is 14.9 Å². The summed E-state index contributed by atoms with van der Waals surface area (Å²) in [4.78, 5) is 22.6. The number of carbonyl (C=O) groups excluding carboxylic acids is 1. The minimum atomic E-state index is -0.103. The molecule has 6 heteroatoms. The second-order valence-corrected chi connectivity index (χ2v) is 5.47. The van der Waals surface area contributed by atoms with Crippen molar-refractivity contribution < 1.29 is 14.3 Å². The van der Waals surface area contributed by atoms with Gasteiger partial charge in [0.15, 0.2) is 0 Å². The van der Waals surface area contributed by atoms with Crippen molar-refractivity contribution in [2.45, 2.75) is 19.4 Å². The van der Waals surface area contributed by atoms with Crippen LogP contribution in [0.4, 0.5) is 0 Å². The molecule has 23 heavy (non-hydrogen) atoms. The van der Waals surface area contributed by atoms with Crippen molar-refractivity contribution in [2.75, 3.05) is 20.2 Å². The predicted molar refractivity (Wildman–Crippen MR) is 84.7 cm³/mol. The molecule has 1 aromatic heterocycles. The summed E-state index contributed by atoms with van der Waals surface area (Å²) in [5.41, 5.74) is 1.72. The van der Waals surface area contributed by atoms with Crippen LogP contribution in [0.25, 0.3) is 0 Å². The fourth-order valence-corrected chi connectivity index (χ4v) is 2.68. The SMILES string of the molecule is COc1nccnc1OC1CCN(C(=O)c2ccccc2C)C1. The zero-order valence-corrected chi connectivity index (χ0v) is 13.2. The van der Waals surface area contributed by atoms with Crippen LogP contribution in [0.1, 0.15) is 22.3 Å². The highest BCUT2D eigenvalue weighted by atomic mass is 16.5. The van der Waals surface area contributed by atoms with E-state index in [2.05, 4.69) is 9.97 Å². The zero-order chi connectivity index (χ0) is 16.2. The molecule has 1 fully saturated rings. The highest BCUT2D eigenvalue weighted by Crippen LogP contribution is 2.24. The third kappa shape index (κ3) is 3.26. The van der Waals surface area contributed by atoms with Gasteiger partial charge in [-0.2, -0.15) is 0 Å². The van der Waals surface area contributed by atoms with Crippen molar-refractivity contribution in [3.05, 3.63) is 47.8 Å². The Hall–Kier alpha value is -2.63. The maximum absolute atomic E-state index is 12.6. The molecule has 1 amide bonds. The quantitative estimate of drug-likeness (QED) is 0.865. The summed E-state index contributed by atoms with van der Waals surface area (Å²) in [5, 5.41) is 0. The molecule has 0 bridgehead atoms. The first-order chi connectivity index (χ1) is 11.2. The molecule has 1 unspecified atom stereocenters. The van der Waals surface area contributed by atoms with Gasteiger partial charge in [0.05, 0.1) is 13.7 Å². The lowest BCUT2D eigenvalue weighted by Gasteiger charge is -2.18. The fourth-order valence-electron chi connectivity index (χ4n) is 2.68. The number of benzene rings is 1. The molecule has 120 valence electrons. The van der Waals surface area contributed by atoms with Gasteiger partial charge in [-0.1, -0.05) is 18.2 Å². The van der Waals surface area contributed by atoms with Crippen LogP contribution in [0.2, 0.25) is 0 Å². The summed E-state index contributed by atoms with van der Waals surface area (Å²) in [6.45, 7) is 3.15. The average Bonchev–Trinajstić information content (AvgIpc) is 3.04. The third-order valence-corrected chi connectivity index (χ3v) is 3.91. The summed E-state index contributed by atoms with van der Waals surface area (Å²) >= 11 is 0. The monoisotopic (exact) mass is 313 g/mol. The van der Waals surface area contributed by atoms with Crippen molar-refractivity contribution in [1.29, 1.82) is 0 Å². The molecule has 1 aliphatic rings. The molecular weight excluding hydrogens is 294 g/mol. The number of hydrogen-bond donors (Lipinski definition) is 0. The van der Waals surface area contributed by atoms with E-state index in [1.807, 2.05) is 36.1 Å². The Morgan fingerprint density at radius 2 is 1.96 bits per heavy atom. The maximum Gasteiger partial charge on any atom is 0.278 e. The van der Waals surface area contributed by atoms with Crippen LogP contribution in [0.3, 0.4) is 0 Å². The Bertz CT molecular complexity index is 705. The molecule has 6 nitrogen and oxygen atoms in total. The second kappa shape index (κ2) is 6.64. The number of rotatable bonds is 4. The number of amides is 1. The summed E-state index contributed by atoms with van der Waals surface area (Å²) in [6, 6.07) is 7.62. The van der Waals surface area contributed by atoms with Gasteiger partial charge >= 0.3 is 0 Å². The smallest absolute Gasteiger partial charge is 0.278 e. The highest BCUT2D eigenvalue weighted by Gasteiger charge is 2.29. The largest absolute Gasteiger partial charge is 0.477 e. The fraction of sp³-hybridized carbons (Fsp3) is 0.353. The number of likely N-dealkylation sites (tertiary alicyclic amines) is 1. The number of ether oxygens (including phenoxy) is 2. The molecule has 3 rings (SSSR count). The maximum atomic E-state index is 12.6. The van der Waals surface area contributed by atoms with Gasteiger partial charge in [-0.05, 0) is 18.6 Å². The van der Waals surface area contributed by atoms with Crippen LogP contribution in [0, 0.1) is 6.92 Å². The van der Waals surface area contributed by atoms with Crippen molar-refractivity contribution in [3.63, 3.8) is 0 Å². The van der Waals surface area contributed by atoms with E-state index in [-0.39, 0.29) is 12.0 Å². The van der Waals surface area contributed by atoms with E-state index < -0.39 is 0 Å². The second-order valence-electron chi connectivity index (χ2n) is 5.47. The number of aromatic nitrogens is 2. The van der Waals surface area contributed by atoms with E-state index in [1.165, 1.54) is 7.11 Å². The van der Waals surface area contributed by atoms with Crippen LogP contribution in [-0.4, -0.2) is 47.1 Å². The molecule has 0 spiro atoms. The summed E-state index contributed by atoms with van der Waals surface area (Å²) in [5.74, 6) is 0.765. The molecule has 1 aromatic carbocycles. The molecule has 1 saturated heterocycles. The van der Waals surface area contributed by atoms with Crippen LogP contribution >= 0.6 is 0 Å². The average molecular weight is 313 g/mol. The number of aryl methyl sites for hydroxylation is 1. The Morgan fingerprint density at radius 3 is 2.70 bits per heavy atom. The van der Waals surface area contributed by atoms with Gasteiger partial charge in [0.1, 0.15) is 6.10 Å². The first-order valence-corrected chi connectivity index (χ1v) is 7.55. The van der Waals surface area contributed by atoms with E-state index in [0.29, 0.717) is 24.8 Å². The van der Waals surface area contributed by atoms with Crippen molar-refractivity contribution >= 4 is 5.91 Å². The Morgan fingerprint density at radius 1 is 1.22 bits per heavy atom.